The molecule has 0 aromatic heterocycles. The highest BCUT2D eigenvalue weighted by Gasteiger charge is 2.56. The Bertz CT molecular complexity index is 542. The minimum Gasteiger partial charge on any atom is -0.295 e. The highest BCUT2D eigenvalue weighted by Crippen LogP contribution is 2.64. The van der Waals surface area contributed by atoms with Gasteiger partial charge in [0.15, 0.2) is 5.78 Å². The zero-order valence-electron chi connectivity index (χ0n) is 13.7. The molecule has 0 spiro atoms. The van der Waals surface area contributed by atoms with Crippen molar-refractivity contribution < 1.29 is 4.79 Å². The van der Waals surface area contributed by atoms with Gasteiger partial charge in [-0.25, -0.2) is 0 Å². The molecule has 114 valence electrons. The first-order valence-electron chi connectivity index (χ1n) is 8.88. The van der Waals surface area contributed by atoms with Crippen molar-refractivity contribution in [3.63, 3.8) is 0 Å². The number of hydrogen-bond acceptors (Lipinski definition) is 1. The molecule has 6 atom stereocenters. The van der Waals surface area contributed by atoms with Gasteiger partial charge in [0.25, 0.3) is 0 Å². The van der Waals surface area contributed by atoms with Crippen LogP contribution < -0.4 is 0 Å². The Hall–Kier alpha value is -0.850. The molecule has 1 nitrogen and oxygen atoms in total. The molecule has 2 fully saturated rings. The van der Waals surface area contributed by atoms with Crippen molar-refractivity contribution in [2.45, 2.75) is 59.3 Å². The summed E-state index contributed by atoms with van der Waals surface area (Å²) in [7, 11) is 0. The molecule has 0 aliphatic heterocycles. The predicted octanol–water partition coefficient (Wildman–Crippen LogP) is 4.93. The first-order valence-corrected chi connectivity index (χ1v) is 8.88. The molecule has 0 aromatic rings. The van der Waals surface area contributed by atoms with E-state index in [0.29, 0.717) is 17.1 Å². The molecular formula is C20H28O. The van der Waals surface area contributed by atoms with E-state index >= 15 is 0 Å². The Morgan fingerprint density at radius 2 is 1.95 bits per heavy atom. The average molecular weight is 284 g/mol. The lowest BCUT2D eigenvalue weighted by molar-refractivity contribution is -0.118. The summed E-state index contributed by atoms with van der Waals surface area (Å²) in [4.78, 5) is 12.0. The number of carbonyl (C=O) groups excluding carboxylic acids is 1. The summed E-state index contributed by atoms with van der Waals surface area (Å²) < 4.78 is 0. The van der Waals surface area contributed by atoms with Crippen molar-refractivity contribution in [2.24, 2.45) is 34.5 Å². The summed E-state index contributed by atoms with van der Waals surface area (Å²) in [5.41, 5.74) is 2.16. The molecule has 21 heavy (non-hydrogen) atoms. The van der Waals surface area contributed by atoms with Gasteiger partial charge >= 0.3 is 0 Å². The maximum Gasteiger partial charge on any atom is 0.156 e. The number of ketones is 1. The van der Waals surface area contributed by atoms with Crippen LogP contribution in [-0.4, -0.2) is 5.78 Å². The quantitative estimate of drug-likeness (QED) is 0.616. The molecule has 0 heterocycles. The third kappa shape index (κ3) is 1.72. The smallest absolute Gasteiger partial charge is 0.156 e. The second-order valence-corrected chi connectivity index (χ2v) is 8.69. The van der Waals surface area contributed by atoms with Crippen LogP contribution in [0, 0.1) is 34.5 Å². The standard InChI is InChI=1S/C20H28O/c1-13-11-15(21)12-14-6-7-16-17-5-4-9-19(17,2)10-8-18(16)20(13,14)3/h6-7,12-13,16-18H,4-5,8-11H2,1-3H3/t13-,16-,17-,18-,19-,20-/m0/s1. The van der Waals surface area contributed by atoms with Gasteiger partial charge in [0.1, 0.15) is 0 Å². The van der Waals surface area contributed by atoms with Crippen molar-refractivity contribution in [1.82, 2.24) is 0 Å². The molecular weight excluding hydrogens is 256 g/mol. The van der Waals surface area contributed by atoms with Gasteiger partial charge in [0.05, 0.1) is 0 Å². The first-order chi connectivity index (χ1) is 9.95. The summed E-state index contributed by atoms with van der Waals surface area (Å²) in [5, 5.41) is 0. The fraction of sp³-hybridized carbons (Fsp3) is 0.750. The van der Waals surface area contributed by atoms with Gasteiger partial charge in [-0.2, -0.15) is 0 Å². The zero-order valence-corrected chi connectivity index (χ0v) is 13.7. The van der Waals surface area contributed by atoms with Crippen LogP contribution in [0.1, 0.15) is 59.3 Å². The predicted molar refractivity (Wildman–Crippen MR) is 85.8 cm³/mol. The van der Waals surface area contributed by atoms with Crippen LogP contribution in [-0.2, 0) is 4.79 Å². The Morgan fingerprint density at radius 3 is 2.76 bits per heavy atom. The molecule has 4 aliphatic rings. The maximum atomic E-state index is 12.0. The van der Waals surface area contributed by atoms with Gasteiger partial charge in [-0.3, -0.25) is 4.79 Å². The van der Waals surface area contributed by atoms with E-state index in [1.807, 2.05) is 6.08 Å². The van der Waals surface area contributed by atoms with E-state index in [9.17, 15) is 4.79 Å². The van der Waals surface area contributed by atoms with E-state index in [-0.39, 0.29) is 5.41 Å². The van der Waals surface area contributed by atoms with Crippen LogP contribution in [0.5, 0.6) is 0 Å². The molecule has 0 radical (unpaired) electrons. The number of carbonyl (C=O) groups is 1. The highest BCUT2D eigenvalue weighted by atomic mass is 16.1. The van der Waals surface area contributed by atoms with E-state index in [1.54, 1.807) is 0 Å². The lowest BCUT2D eigenvalue weighted by Gasteiger charge is -2.57. The molecule has 0 bridgehead atoms. The molecule has 2 saturated carbocycles. The molecule has 0 aromatic carbocycles. The molecule has 1 heteroatoms. The van der Waals surface area contributed by atoms with Crippen molar-refractivity contribution in [3.8, 4) is 0 Å². The van der Waals surface area contributed by atoms with Crippen LogP contribution in [0.25, 0.3) is 0 Å². The first kappa shape index (κ1) is 13.8. The highest BCUT2D eigenvalue weighted by molar-refractivity contribution is 5.92. The van der Waals surface area contributed by atoms with Gasteiger partial charge in [-0.1, -0.05) is 39.3 Å². The summed E-state index contributed by atoms with van der Waals surface area (Å²) in [6, 6.07) is 0. The van der Waals surface area contributed by atoms with Crippen molar-refractivity contribution in [1.29, 1.82) is 0 Å². The topological polar surface area (TPSA) is 17.1 Å². The molecule has 4 aliphatic carbocycles. The SMILES string of the molecule is C[C@H]1CC(=O)C=C2C=C[C@H]3[C@@H]4CCC[C@@]4(C)CC[C@@H]3[C@]21C. The Kier molecular flexibility index (Phi) is 2.85. The minimum atomic E-state index is 0.233. The second kappa shape index (κ2) is 4.33. The summed E-state index contributed by atoms with van der Waals surface area (Å²) in [6.07, 6.45) is 14.5. The van der Waals surface area contributed by atoms with Crippen molar-refractivity contribution >= 4 is 5.78 Å². The van der Waals surface area contributed by atoms with Gasteiger partial charge < -0.3 is 0 Å². The third-order valence-corrected chi connectivity index (χ3v) is 7.85. The van der Waals surface area contributed by atoms with Crippen LogP contribution in [0.3, 0.4) is 0 Å². The van der Waals surface area contributed by atoms with Crippen LogP contribution in [0.2, 0.25) is 0 Å². The van der Waals surface area contributed by atoms with E-state index in [4.69, 9.17) is 0 Å². The lowest BCUT2D eigenvalue weighted by Crippen LogP contribution is -2.50. The Morgan fingerprint density at radius 1 is 1.14 bits per heavy atom. The molecule has 0 N–H and O–H groups in total. The third-order valence-electron chi connectivity index (χ3n) is 7.85. The molecule has 4 rings (SSSR count). The fourth-order valence-electron chi connectivity index (χ4n) is 6.36. The summed E-state index contributed by atoms with van der Waals surface area (Å²) in [5.74, 6) is 3.22. The van der Waals surface area contributed by atoms with Gasteiger partial charge in [-0.15, -0.1) is 0 Å². The van der Waals surface area contributed by atoms with E-state index in [0.717, 1.165) is 24.2 Å². The summed E-state index contributed by atoms with van der Waals surface area (Å²) in [6.45, 7) is 7.30. The lowest BCUT2D eigenvalue weighted by atomic mass is 9.47. The maximum absolute atomic E-state index is 12.0. The van der Waals surface area contributed by atoms with Crippen molar-refractivity contribution in [2.75, 3.05) is 0 Å². The number of allylic oxidation sites excluding steroid dienone is 4. The van der Waals surface area contributed by atoms with E-state index in [2.05, 4.69) is 32.9 Å². The van der Waals surface area contributed by atoms with E-state index < -0.39 is 0 Å². The van der Waals surface area contributed by atoms with Gasteiger partial charge in [-0.05, 0) is 71.8 Å². The fourth-order valence-corrected chi connectivity index (χ4v) is 6.36. The van der Waals surface area contributed by atoms with Gasteiger partial charge in [0.2, 0.25) is 0 Å². The molecule has 0 unspecified atom stereocenters. The van der Waals surface area contributed by atoms with Crippen LogP contribution in [0.15, 0.2) is 23.8 Å². The largest absolute Gasteiger partial charge is 0.295 e. The van der Waals surface area contributed by atoms with Crippen molar-refractivity contribution in [3.05, 3.63) is 23.8 Å². The van der Waals surface area contributed by atoms with Gasteiger partial charge in [0, 0.05) is 6.42 Å². The normalized spacial score (nSPS) is 52.0. The summed E-state index contributed by atoms with van der Waals surface area (Å²) >= 11 is 0. The number of rotatable bonds is 0. The van der Waals surface area contributed by atoms with Crippen LogP contribution in [0.4, 0.5) is 0 Å². The average Bonchev–Trinajstić information content (AvgIpc) is 2.82. The zero-order chi connectivity index (χ0) is 14.8. The Balaban J connectivity index is 1.79. The minimum absolute atomic E-state index is 0.233. The monoisotopic (exact) mass is 284 g/mol. The second-order valence-electron chi connectivity index (χ2n) is 8.69. The Labute approximate surface area is 128 Å². The molecule has 0 saturated heterocycles. The van der Waals surface area contributed by atoms with Crippen LogP contribution >= 0.6 is 0 Å². The number of hydrogen-bond donors (Lipinski definition) is 0. The number of fused-ring (bicyclic) bond motifs is 5. The molecule has 0 amide bonds. The van der Waals surface area contributed by atoms with E-state index in [1.165, 1.54) is 37.7 Å².